The summed E-state index contributed by atoms with van der Waals surface area (Å²) in [7, 11) is -2.84. The number of para-hydroxylation sites is 1. The lowest BCUT2D eigenvalue weighted by atomic mass is 9.93. The number of carbonyl (C=O) groups excluding carboxylic acids is 2. The quantitative estimate of drug-likeness (QED) is 0.660. The van der Waals surface area contributed by atoms with Crippen LogP contribution in [0.3, 0.4) is 0 Å². The van der Waals surface area contributed by atoms with E-state index in [0.29, 0.717) is 5.69 Å². The summed E-state index contributed by atoms with van der Waals surface area (Å²) in [4.78, 5) is 23.9. The van der Waals surface area contributed by atoms with Crippen molar-refractivity contribution in [3.8, 4) is 0 Å². The minimum absolute atomic E-state index is 0.0386. The van der Waals surface area contributed by atoms with Crippen LogP contribution in [-0.2, 0) is 10.0 Å². The molecule has 0 atom stereocenters. The van der Waals surface area contributed by atoms with Crippen molar-refractivity contribution in [3.05, 3.63) is 47.2 Å². The highest BCUT2D eigenvalue weighted by Crippen LogP contribution is 2.32. The van der Waals surface area contributed by atoms with E-state index in [1.807, 2.05) is 50.6 Å². The Morgan fingerprint density at radius 1 is 0.931 bits per heavy atom. The molecular weight excluding hydrogens is 394 g/mol. The van der Waals surface area contributed by atoms with Gasteiger partial charge < -0.3 is 10.6 Å². The average Bonchev–Trinajstić information content (AvgIpc) is 2.66. The number of amides is 3. The maximum atomic E-state index is 12.5. The van der Waals surface area contributed by atoms with Crippen molar-refractivity contribution in [3.63, 3.8) is 0 Å². The molecule has 0 aliphatic heterocycles. The summed E-state index contributed by atoms with van der Waals surface area (Å²) in [6.45, 7) is 7.96. The topological polar surface area (TPSA) is 130 Å². The monoisotopic (exact) mass is 419 g/mol. The summed E-state index contributed by atoms with van der Waals surface area (Å²) in [5.41, 5.74) is 2.35. The molecule has 10 heteroatoms. The largest absolute Gasteiger partial charge is 0.354 e. The third-order valence-electron chi connectivity index (χ3n) is 4.21. The van der Waals surface area contributed by atoms with Gasteiger partial charge in [-0.25, -0.2) is 9.52 Å². The van der Waals surface area contributed by atoms with Gasteiger partial charge in [-0.2, -0.15) is 8.42 Å². The van der Waals surface area contributed by atoms with Crippen molar-refractivity contribution < 1.29 is 18.0 Å². The zero-order valence-electron chi connectivity index (χ0n) is 17.0. The Kier molecular flexibility index (Phi) is 6.91. The van der Waals surface area contributed by atoms with E-state index in [2.05, 4.69) is 20.8 Å². The van der Waals surface area contributed by atoms with E-state index < -0.39 is 27.0 Å². The lowest BCUT2D eigenvalue weighted by molar-refractivity contribution is 0.0956. The molecule has 29 heavy (non-hydrogen) atoms. The zero-order chi connectivity index (χ0) is 21.8. The Morgan fingerprint density at radius 3 is 1.97 bits per heavy atom. The molecule has 2 aromatic rings. The summed E-state index contributed by atoms with van der Waals surface area (Å²) in [6, 6.07) is 7.11. The summed E-state index contributed by atoms with van der Waals surface area (Å²) >= 11 is 0. The van der Waals surface area contributed by atoms with Gasteiger partial charge in [0.2, 0.25) is 0 Å². The number of aromatic nitrogens is 2. The van der Waals surface area contributed by atoms with Crippen LogP contribution in [0.15, 0.2) is 35.4 Å². The average molecular weight is 420 g/mol. The van der Waals surface area contributed by atoms with Crippen molar-refractivity contribution in [2.75, 3.05) is 12.4 Å². The van der Waals surface area contributed by atoms with Gasteiger partial charge in [-0.05, 0) is 35.1 Å². The van der Waals surface area contributed by atoms with Gasteiger partial charge in [0, 0.05) is 12.7 Å². The lowest BCUT2D eigenvalue weighted by Gasteiger charge is -2.20. The van der Waals surface area contributed by atoms with Crippen LogP contribution in [0.2, 0.25) is 0 Å². The van der Waals surface area contributed by atoms with Crippen molar-refractivity contribution in [1.82, 2.24) is 20.2 Å². The fourth-order valence-electron chi connectivity index (χ4n) is 2.72. The first-order valence-corrected chi connectivity index (χ1v) is 10.6. The maximum Gasteiger partial charge on any atom is 0.333 e. The predicted molar refractivity (Wildman–Crippen MR) is 109 cm³/mol. The summed E-state index contributed by atoms with van der Waals surface area (Å²) < 4.78 is 26.8. The Labute approximate surface area is 170 Å². The molecule has 1 heterocycles. The molecule has 2 rings (SSSR count). The highest BCUT2D eigenvalue weighted by atomic mass is 32.2. The highest BCUT2D eigenvalue weighted by Gasteiger charge is 2.22. The van der Waals surface area contributed by atoms with E-state index >= 15 is 0 Å². The molecule has 9 nitrogen and oxygen atoms in total. The van der Waals surface area contributed by atoms with E-state index in [9.17, 15) is 18.0 Å². The second-order valence-electron chi connectivity index (χ2n) is 7.02. The first-order chi connectivity index (χ1) is 13.6. The van der Waals surface area contributed by atoms with E-state index in [1.54, 1.807) is 0 Å². The first-order valence-electron chi connectivity index (χ1n) is 9.09. The highest BCUT2D eigenvalue weighted by molar-refractivity contribution is 7.90. The molecule has 1 aromatic carbocycles. The molecule has 0 saturated heterocycles. The smallest absolute Gasteiger partial charge is 0.333 e. The molecule has 0 unspecified atom stereocenters. The molecule has 3 amide bonds. The van der Waals surface area contributed by atoms with Gasteiger partial charge in [-0.3, -0.25) is 4.79 Å². The van der Waals surface area contributed by atoms with Gasteiger partial charge in [-0.15, -0.1) is 10.2 Å². The van der Waals surface area contributed by atoms with Crippen LogP contribution in [-0.4, -0.2) is 37.6 Å². The number of sulfonamides is 1. The number of urea groups is 1. The lowest BCUT2D eigenvalue weighted by Crippen LogP contribution is -2.35. The normalized spacial score (nSPS) is 11.4. The van der Waals surface area contributed by atoms with E-state index in [-0.39, 0.29) is 17.5 Å². The molecule has 1 aromatic heterocycles. The van der Waals surface area contributed by atoms with Crippen molar-refractivity contribution in [2.45, 2.75) is 44.6 Å². The van der Waals surface area contributed by atoms with Gasteiger partial charge in [0.25, 0.3) is 15.9 Å². The number of rotatable bonds is 6. The van der Waals surface area contributed by atoms with Gasteiger partial charge in [0.05, 0.1) is 0 Å². The van der Waals surface area contributed by atoms with Crippen LogP contribution in [0, 0.1) is 0 Å². The number of anilines is 1. The third-order valence-corrected chi connectivity index (χ3v) is 5.44. The van der Waals surface area contributed by atoms with Crippen molar-refractivity contribution >= 4 is 27.6 Å². The molecule has 0 bridgehead atoms. The molecule has 0 aliphatic rings. The summed E-state index contributed by atoms with van der Waals surface area (Å²) in [6.07, 6.45) is 0. The number of benzene rings is 1. The van der Waals surface area contributed by atoms with Crippen LogP contribution >= 0.6 is 0 Å². The molecule has 3 N–H and O–H groups in total. The zero-order valence-corrected chi connectivity index (χ0v) is 17.8. The van der Waals surface area contributed by atoms with Gasteiger partial charge in [0.15, 0.2) is 10.7 Å². The molecule has 0 aliphatic carbocycles. The molecule has 156 valence electrons. The summed E-state index contributed by atoms with van der Waals surface area (Å²) in [5.74, 6) is -0.244. The fourth-order valence-corrected chi connectivity index (χ4v) is 3.52. The van der Waals surface area contributed by atoms with Crippen LogP contribution < -0.4 is 15.4 Å². The van der Waals surface area contributed by atoms with Gasteiger partial charge in [-0.1, -0.05) is 45.9 Å². The number of hydrogen-bond acceptors (Lipinski definition) is 6. The first kappa shape index (κ1) is 22.3. The second kappa shape index (κ2) is 8.99. The van der Waals surface area contributed by atoms with E-state index in [0.717, 1.165) is 17.2 Å². The SMILES string of the molecule is CNC(=O)c1ccc(S(=O)(=O)NC(=O)Nc2c(C(C)C)cccc2C(C)C)nn1. The van der Waals surface area contributed by atoms with Crippen molar-refractivity contribution in [2.24, 2.45) is 0 Å². The standard InChI is InChI=1S/C19H25N5O4S/c1-11(2)13-7-6-8-14(12(3)4)17(13)21-19(26)24-29(27,28)16-10-9-15(22-23-16)18(25)20-5/h6-12H,1-5H3,(H,20,25)(H2,21,24,26). The van der Waals surface area contributed by atoms with Crippen LogP contribution in [0.4, 0.5) is 10.5 Å². The van der Waals surface area contributed by atoms with Crippen molar-refractivity contribution in [1.29, 1.82) is 0 Å². The molecule has 0 radical (unpaired) electrons. The molecule has 0 spiro atoms. The minimum atomic E-state index is -4.26. The number of nitrogens with one attached hydrogen (secondary N) is 3. The van der Waals surface area contributed by atoms with Crippen LogP contribution in [0.25, 0.3) is 0 Å². The molecular formula is C19H25N5O4S. The molecule has 0 saturated carbocycles. The van der Waals surface area contributed by atoms with E-state index in [4.69, 9.17) is 0 Å². The Bertz CT molecular complexity index is 976. The van der Waals surface area contributed by atoms with Gasteiger partial charge >= 0.3 is 6.03 Å². The number of hydrogen-bond donors (Lipinski definition) is 3. The second-order valence-corrected chi connectivity index (χ2v) is 8.65. The fraction of sp³-hybridized carbons (Fsp3) is 0.368. The van der Waals surface area contributed by atoms with Crippen LogP contribution in [0.5, 0.6) is 0 Å². The maximum absolute atomic E-state index is 12.5. The summed E-state index contributed by atoms with van der Waals surface area (Å²) in [5, 5.41) is 11.6. The Balaban J connectivity index is 2.26. The van der Waals surface area contributed by atoms with E-state index in [1.165, 1.54) is 13.1 Å². The molecule has 0 fully saturated rings. The third kappa shape index (κ3) is 5.29. The van der Waals surface area contributed by atoms with Gasteiger partial charge in [0.1, 0.15) is 0 Å². The Morgan fingerprint density at radius 2 is 1.52 bits per heavy atom. The number of carbonyl (C=O) groups is 2. The minimum Gasteiger partial charge on any atom is -0.354 e. The van der Waals surface area contributed by atoms with Crippen LogP contribution in [0.1, 0.15) is 61.1 Å². The number of nitrogens with zero attached hydrogens (tertiary/aromatic N) is 2. The predicted octanol–water partition coefficient (Wildman–Crippen LogP) is 2.59. The Hall–Kier alpha value is -3.01.